The Labute approximate surface area is 315 Å². The Morgan fingerprint density at radius 1 is 0.370 bits per heavy atom. The molecule has 5 heteroatoms. The molecule has 0 aliphatic rings. The molecule has 3 heterocycles. The van der Waals surface area contributed by atoms with Gasteiger partial charge in [0.05, 0.1) is 16.7 Å². The molecule has 0 fully saturated rings. The van der Waals surface area contributed by atoms with Crippen molar-refractivity contribution in [2.45, 2.75) is 0 Å². The van der Waals surface area contributed by atoms with Gasteiger partial charge < -0.3 is 4.57 Å². The summed E-state index contributed by atoms with van der Waals surface area (Å²) in [5.74, 6) is 1.91. The molecule has 54 heavy (non-hydrogen) atoms. The van der Waals surface area contributed by atoms with Crippen LogP contribution in [0.15, 0.2) is 182 Å². The fourth-order valence-electron chi connectivity index (χ4n) is 7.95. The number of nitrogens with zero attached hydrogens (tertiary/aromatic N) is 4. The van der Waals surface area contributed by atoms with Crippen molar-refractivity contribution in [3.05, 3.63) is 182 Å². The van der Waals surface area contributed by atoms with E-state index in [-0.39, 0.29) is 0 Å². The third-order valence-corrected chi connectivity index (χ3v) is 11.6. The summed E-state index contributed by atoms with van der Waals surface area (Å²) < 4.78 is 4.83. The molecule has 252 valence electrons. The highest BCUT2D eigenvalue weighted by atomic mass is 32.1. The van der Waals surface area contributed by atoms with Crippen molar-refractivity contribution < 1.29 is 0 Å². The standard InChI is InChI=1S/C49H30N4S/c1-2-14-31(15-3-1)32-18-12-19-35(28-32)47-50-48(52-49(51-47)39-23-13-27-45-46(39)38-22-8-11-26-44(38)54-45)37-21-7-10-25-42(37)53-41-24-9-6-20-36(41)40-29-33-16-4-5-17-34(33)30-43(40)53/h1-30H. The molecule has 11 aromatic rings. The molecule has 0 radical (unpaired) electrons. The first-order chi connectivity index (χ1) is 26.8. The number of rotatable bonds is 5. The number of para-hydroxylation sites is 2. The SMILES string of the molecule is c1ccc(-c2cccc(-c3nc(-c4ccccc4-n4c5ccccc5c5cc6ccccc6cc54)nc(-c4cccc5sc6ccccc6c45)n3)c2)cc1. The van der Waals surface area contributed by atoms with Crippen LogP contribution in [-0.4, -0.2) is 19.5 Å². The second kappa shape index (κ2) is 12.3. The molecule has 0 unspecified atom stereocenters. The van der Waals surface area contributed by atoms with Crippen LogP contribution in [0, 0.1) is 0 Å². The second-order valence-electron chi connectivity index (χ2n) is 13.6. The van der Waals surface area contributed by atoms with Crippen LogP contribution in [0.1, 0.15) is 0 Å². The van der Waals surface area contributed by atoms with Crippen molar-refractivity contribution in [1.82, 2.24) is 19.5 Å². The Kier molecular flexibility index (Phi) is 7.00. The van der Waals surface area contributed by atoms with Gasteiger partial charge >= 0.3 is 0 Å². The van der Waals surface area contributed by atoms with Crippen molar-refractivity contribution in [3.63, 3.8) is 0 Å². The van der Waals surface area contributed by atoms with Gasteiger partial charge in [0.2, 0.25) is 0 Å². The minimum atomic E-state index is 0.624. The van der Waals surface area contributed by atoms with Crippen LogP contribution in [0.2, 0.25) is 0 Å². The Balaban J connectivity index is 1.19. The van der Waals surface area contributed by atoms with E-state index < -0.39 is 0 Å². The maximum absolute atomic E-state index is 5.37. The molecule has 0 saturated carbocycles. The summed E-state index contributed by atoms with van der Waals surface area (Å²) in [5, 5.41) is 7.22. The number of hydrogen-bond donors (Lipinski definition) is 0. The topological polar surface area (TPSA) is 43.6 Å². The molecule has 0 aliphatic heterocycles. The normalized spacial score (nSPS) is 11.7. The molecule has 8 aromatic carbocycles. The number of fused-ring (bicyclic) bond motifs is 7. The third kappa shape index (κ3) is 4.94. The fraction of sp³-hybridized carbons (Fsp3) is 0. The Hall–Kier alpha value is -6.95. The lowest BCUT2D eigenvalue weighted by molar-refractivity contribution is 1.07. The first-order valence-electron chi connectivity index (χ1n) is 18.1. The molecule has 0 bridgehead atoms. The van der Waals surface area contributed by atoms with Crippen LogP contribution in [-0.2, 0) is 0 Å². The average Bonchev–Trinajstić information content (AvgIpc) is 3.78. The molecule has 3 aromatic heterocycles. The maximum Gasteiger partial charge on any atom is 0.166 e. The molecule has 0 aliphatic carbocycles. The van der Waals surface area contributed by atoms with Crippen molar-refractivity contribution in [3.8, 4) is 51.0 Å². The predicted octanol–water partition coefficient (Wildman–Crippen LogP) is 13.2. The molecular weight excluding hydrogens is 677 g/mol. The van der Waals surface area contributed by atoms with Crippen LogP contribution in [0.4, 0.5) is 0 Å². The fourth-order valence-corrected chi connectivity index (χ4v) is 9.08. The lowest BCUT2D eigenvalue weighted by Gasteiger charge is -2.15. The number of benzene rings is 8. The van der Waals surface area contributed by atoms with Gasteiger partial charge in [-0.2, -0.15) is 0 Å². The van der Waals surface area contributed by atoms with Crippen molar-refractivity contribution in [1.29, 1.82) is 0 Å². The van der Waals surface area contributed by atoms with Gasteiger partial charge in [0, 0.05) is 47.6 Å². The van der Waals surface area contributed by atoms with Gasteiger partial charge in [0.1, 0.15) is 0 Å². The van der Waals surface area contributed by atoms with Gasteiger partial charge in [0.15, 0.2) is 17.5 Å². The molecule has 0 spiro atoms. The maximum atomic E-state index is 5.37. The Morgan fingerprint density at radius 2 is 0.981 bits per heavy atom. The van der Waals surface area contributed by atoms with Crippen LogP contribution in [0.3, 0.4) is 0 Å². The molecule has 0 saturated heterocycles. The van der Waals surface area contributed by atoms with E-state index in [1.54, 1.807) is 11.3 Å². The van der Waals surface area contributed by atoms with Gasteiger partial charge in [0.25, 0.3) is 0 Å². The van der Waals surface area contributed by atoms with E-state index in [9.17, 15) is 0 Å². The zero-order chi connectivity index (χ0) is 35.6. The van der Waals surface area contributed by atoms with E-state index in [0.717, 1.165) is 44.5 Å². The summed E-state index contributed by atoms with van der Waals surface area (Å²) in [6.45, 7) is 0. The molecule has 0 amide bonds. The van der Waals surface area contributed by atoms with Crippen molar-refractivity contribution in [2.75, 3.05) is 0 Å². The number of hydrogen-bond acceptors (Lipinski definition) is 4. The summed E-state index contributed by atoms with van der Waals surface area (Å²) in [4.78, 5) is 16.0. The van der Waals surface area contributed by atoms with Crippen LogP contribution in [0.5, 0.6) is 0 Å². The van der Waals surface area contributed by atoms with Crippen LogP contribution >= 0.6 is 11.3 Å². The minimum absolute atomic E-state index is 0.624. The van der Waals surface area contributed by atoms with E-state index in [1.165, 1.54) is 41.7 Å². The van der Waals surface area contributed by atoms with E-state index in [1.807, 2.05) is 6.07 Å². The molecule has 11 rings (SSSR count). The first kappa shape index (κ1) is 30.7. The molecule has 4 nitrogen and oxygen atoms in total. The van der Waals surface area contributed by atoms with Crippen molar-refractivity contribution >= 4 is 64.1 Å². The van der Waals surface area contributed by atoms with E-state index >= 15 is 0 Å². The Morgan fingerprint density at radius 3 is 1.87 bits per heavy atom. The van der Waals surface area contributed by atoms with E-state index in [4.69, 9.17) is 15.0 Å². The summed E-state index contributed by atoms with van der Waals surface area (Å²) in [6.07, 6.45) is 0. The zero-order valence-electron chi connectivity index (χ0n) is 29.0. The second-order valence-corrected chi connectivity index (χ2v) is 14.7. The third-order valence-electron chi connectivity index (χ3n) is 10.4. The van der Waals surface area contributed by atoms with Crippen molar-refractivity contribution in [2.24, 2.45) is 0 Å². The van der Waals surface area contributed by atoms with E-state index in [0.29, 0.717) is 17.5 Å². The average molecular weight is 707 g/mol. The zero-order valence-corrected chi connectivity index (χ0v) is 29.8. The number of aromatic nitrogens is 4. The van der Waals surface area contributed by atoms with Gasteiger partial charge in [-0.15, -0.1) is 11.3 Å². The minimum Gasteiger partial charge on any atom is -0.308 e. The summed E-state index contributed by atoms with van der Waals surface area (Å²) in [5.41, 5.74) is 8.41. The van der Waals surface area contributed by atoms with Gasteiger partial charge in [-0.1, -0.05) is 133 Å². The van der Waals surface area contributed by atoms with Gasteiger partial charge in [-0.3, -0.25) is 0 Å². The van der Waals surface area contributed by atoms with Crippen LogP contribution in [0.25, 0.3) is 104 Å². The summed E-state index contributed by atoms with van der Waals surface area (Å²) in [7, 11) is 0. The Bertz CT molecular complexity index is 3230. The first-order valence-corrected chi connectivity index (χ1v) is 18.9. The monoisotopic (exact) mass is 706 g/mol. The van der Waals surface area contributed by atoms with Gasteiger partial charge in [-0.05, 0) is 70.4 Å². The quantitative estimate of drug-likeness (QED) is 0.179. The lowest BCUT2D eigenvalue weighted by atomic mass is 10.0. The highest BCUT2D eigenvalue weighted by Crippen LogP contribution is 2.41. The number of thiophene rings is 1. The van der Waals surface area contributed by atoms with E-state index in [2.05, 4.69) is 180 Å². The lowest BCUT2D eigenvalue weighted by Crippen LogP contribution is -2.03. The van der Waals surface area contributed by atoms with Gasteiger partial charge in [-0.25, -0.2) is 15.0 Å². The van der Waals surface area contributed by atoms with Crippen LogP contribution < -0.4 is 0 Å². The molecule has 0 atom stereocenters. The molecule has 0 N–H and O–H groups in total. The highest BCUT2D eigenvalue weighted by Gasteiger charge is 2.21. The largest absolute Gasteiger partial charge is 0.308 e. The smallest absolute Gasteiger partial charge is 0.166 e. The predicted molar refractivity (Wildman–Crippen MR) is 226 cm³/mol. The highest BCUT2D eigenvalue weighted by molar-refractivity contribution is 7.25. The summed E-state index contributed by atoms with van der Waals surface area (Å²) >= 11 is 1.80. The summed E-state index contributed by atoms with van der Waals surface area (Å²) in [6, 6.07) is 64.4. The molecular formula is C49H30N4S.